The largest absolute Gasteiger partial charge is 0.467 e. The fourth-order valence-electron chi connectivity index (χ4n) is 2.24. The van der Waals surface area contributed by atoms with Gasteiger partial charge in [0.05, 0.1) is 7.11 Å². The molecule has 0 unspecified atom stereocenters. The average Bonchev–Trinajstić information content (AvgIpc) is 2.79. The first-order valence-corrected chi connectivity index (χ1v) is 6.99. The van der Waals surface area contributed by atoms with Crippen molar-refractivity contribution in [3.63, 3.8) is 0 Å². The Hall–Kier alpha value is -1.38. The van der Waals surface area contributed by atoms with Crippen LogP contribution in [0.25, 0.3) is 0 Å². The van der Waals surface area contributed by atoms with Crippen LogP contribution in [0.15, 0.2) is 0 Å². The number of carbonyl (C=O) groups excluding carboxylic acids is 2. The van der Waals surface area contributed by atoms with Gasteiger partial charge in [-0.2, -0.15) is 0 Å². The van der Waals surface area contributed by atoms with Crippen LogP contribution in [0.3, 0.4) is 0 Å². The molecule has 1 fully saturated rings. The van der Waals surface area contributed by atoms with Crippen molar-refractivity contribution in [1.29, 1.82) is 0 Å². The number of amides is 1. The standard InChI is InChI=1S/C14H25NO7/c1-14(2,3)22-13(17)15-7-8-9(18-4)10(19-5)11(21-8)12(16)20-6/h8-11H,7H2,1-6H3,(H,15,17)/t8-,9-,10+,11+/m1/s1. The molecule has 8 nitrogen and oxygen atoms in total. The lowest BCUT2D eigenvalue weighted by molar-refractivity contribution is -0.158. The number of nitrogens with one attached hydrogen (secondary N) is 1. The molecule has 1 rings (SSSR count). The van der Waals surface area contributed by atoms with E-state index in [1.165, 1.54) is 21.3 Å². The highest BCUT2D eigenvalue weighted by molar-refractivity contribution is 5.76. The molecule has 0 aliphatic carbocycles. The summed E-state index contributed by atoms with van der Waals surface area (Å²) in [5.41, 5.74) is -0.592. The van der Waals surface area contributed by atoms with Gasteiger partial charge in [0.1, 0.15) is 23.9 Å². The molecular weight excluding hydrogens is 294 g/mol. The Bertz CT molecular complexity index is 393. The van der Waals surface area contributed by atoms with Crippen LogP contribution in [0.2, 0.25) is 0 Å². The van der Waals surface area contributed by atoms with Crippen LogP contribution in [0, 0.1) is 0 Å². The first-order chi connectivity index (χ1) is 10.2. The fraction of sp³-hybridized carbons (Fsp3) is 0.857. The maximum absolute atomic E-state index is 11.7. The molecule has 0 aromatic heterocycles. The van der Waals surface area contributed by atoms with Crippen molar-refractivity contribution in [2.45, 2.75) is 50.8 Å². The molecule has 1 saturated heterocycles. The number of rotatable bonds is 5. The fourth-order valence-corrected chi connectivity index (χ4v) is 2.24. The van der Waals surface area contributed by atoms with Crippen molar-refractivity contribution in [2.24, 2.45) is 0 Å². The molecule has 0 saturated carbocycles. The van der Waals surface area contributed by atoms with Gasteiger partial charge in [0.2, 0.25) is 0 Å². The maximum atomic E-state index is 11.7. The van der Waals surface area contributed by atoms with Crippen LogP contribution in [-0.4, -0.2) is 70.0 Å². The first-order valence-electron chi connectivity index (χ1n) is 6.99. The normalized spacial score (nSPS) is 28.3. The number of ether oxygens (including phenoxy) is 5. The zero-order valence-corrected chi connectivity index (χ0v) is 13.9. The third kappa shape index (κ3) is 4.82. The van der Waals surface area contributed by atoms with Gasteiger partial charge >= 0.3 is 12.1 Å². The summed E-state index contributed by atoms with van der Waals surface area (Å²) in [7, 11) is 4.21. The van der Waals surface area contributed by atoms with Gasteiger partial charge < -0.3 is 29.0 Å². The SMILES string of the molecule is COC(=O)[C@H]1O[C@H](CNC(=O)OC(C)(C)C)[C@@H](OC)[C@@H]1OC. The molecule has 0 spiro atoms. The van der Waals surface area contributed by atoms with Gasteiger partial charge in [0.15, 0.2) is 6.10 Å². The average molecular weight is 319 g/mol. The van der Waals surface area contributed by atoms with Crippen LogP contribution in [0.1, 0.15) is 20.8 Å². The molecule has 0 aromatic carbocycles. The van der Waals surface area contributed by atoms with Gasteiger partial charge in [-0.1, -0.05) is 0 Å². The highest BCUT2D eigenvalue weighted by Gasteiger charge is 2.49. The van der Waals surface area contributed by atoms with E-state index in [9.17, 15) is 9.59 Å². The highest BCUT2D eigenvalue weighted by atomic mass is 16.6. The predicted molar refractivity (Wildman–Crippen MR) is 76.5 cm³/mol. The van der Waals surface area contributed by atoms with Gasteiger partial charge in [0, 0.05) is 20.8 Å². The van der Waals surface area contributed by atoms with Crippen LogP contribution in [-0.2, 0) is 28.5 Å². The minimum atomic E-state index is -0.898. The summed E-state index contributed by atoms with van der Waals surface area (Å²) in [5, 5.41) is 2.59. The van der Waals surface area contributed by atoms with Crippen molar-refractivity contribution in [3.8, 4) is 0 Å². The van der Waals surface area contributed by atoms with Crippen molar-refractivity contribution in [1.82, 2.24) is 5.32 Å². The number of methoxy groups -OCH3 is 3. The summed E-state index contributed by atoms with van der Waals surface area (Å²) < 4.78 is 26.0. The monoisotopic (exact) mass is 319 g/mol. The molecule has 0 bridgehead atoms. The number of hydrogen-bond donors (Lipinski definition) is 1. The highest BCUT2D eigenvalue weighted by Crippen LogP contribution is 2.26. The Morgan fingerprint density at radius 3 is 2.14 bits per heavy atom. The van der Waals surface area contributed by atoms with E-state index in [1.54, 1.807) is 20.8 Å². The minimum absolute atomic E-state index is 0.126. The Labute approximate surface area is 130 Å². The maximum Gasteiger partial charge on any atom is 0.407 e. The third-order valence-corrected chi connectivity index (χ3v) is 3.13. The Kier molecular flexibility index (Phi) is 6.58. The molecule has 1 aliphatic heterocycles. The third-order valence-electron chi connectivity index (χ3n) is 3.13. The molecule has 1 N–H and O–H groups in total. The zero-order valence-electron chi connectivity index (χ0n) is 13.9. The summed E-state index contributed by atoms with van der Waals surface area (Å²) in [5.74, 6) is -0.548. The second-order valence-corrected chi connectivity index (χ2v) is 5.90. The van der Waals surface area contributed by atoms with E-state index in [4.69, 9.17) is 18.9 Å². The Morgan fingerprint density at radius 2 is 1.68 bits per heavy atom. The van der Waals surface area contributed by atoms with Gasteiger partial charge in [0.25, 0.3) is 0 Å². The number of alkyl carbamates (subject to hydrolysis) is 1. The Balaban J connectivity index is 2.66. The van der Waals surface area contributed by atoms with E-state index in [-0.39, 0.29) is 6.54 Å². The molecular formula is C14H25NO7. The van der Waals surface area contributed by atoms with Crippen molar-refractivity contribution in [3.05, 3.63) is 0 Å². The van der Waals surface area contributed by atoms with E-state index in [0.717, 1.165) is 0 Å². The van der Waals surface area contributed by atoms with Crippen molar-refractivity contribution < 1.29 is 33.3 Å². The smallest absolute Gasteiger partial charge is 0.407 e. The minimum Gasteiger partial charge on any atom is -0.467 e. The molecule has 22 heavy (non-hydrogen) atoms. The number of hydrogen-bond acceptors (Lipinski definition) is 7. The van der Waals surface area contributed by atoms with Gasteiger partial charge in [-0.05, 0) is 20.8 Å². The topological polar surface area (TPSA) is 92.3 Å². The van der Waals surface area contributed by atoms with Crippen LogP contribution < -0.4 is 5.32 Å². The summed E-state index contributed by atoms with van der Waals surface area (Å²) >= 11 is 0. The lowest BCUT2D eigenvalue weighted by Crippen LogP contribution is -2.43. The second-order valence-electron chi connectivity index (χ2n) is 5.90. The van der Waals surface area contributed by atoms with E-state index in [1.807, 2.05) is 0 Å². The molecule has 0 aromatic rings. The summed E-state index contributed by atoms with van der Waals surface area (Å²) in [6.07, 6.45) is -3.13. The first kappa shape index (κ1) is 18.7. The van der Waals surface area contributed by atoms with E-state index >= 15 is 0 Å². The summed E-state index contributed by atoms with van der Waals surface area (Å²) in [6, 6.07) is 0. The molecule has 0 radical (unpaired) electrons. The van der Waals surface area contributed by atoms with Crippen molar-refractivity contribution >= 4 is 12.1 Å². The molecule has 128 valence electrons. The lowest BCUT2D eigenvalue weighted by atomic mass is 10.1. The molecule has 1 amide bonds. The van der Waals surface area contributed by atoms with Crippen LogP contribution in [0.5, 0.6) is 0 Å². The van der Waals surface area contributed by atoms with Gasteiger partial charge in [-0.15, -0.1) is 0 Å². The quantitative estimate of drug-likeness (QED) is 0.737. The summed E-state index contributed by atoms with van der Waals surface area (Å²) in [4.78, 5) is 23.4. The van der Waals surface area contributed by atoms with Crippen LogP contribution in [0.4, 0.5) is 4.79 Å². The van der Waals surface area contributed by atoms with Crippen LogP contribution >= 0.6 is 0 Å². The molecule has 4 atom stereocenters. The number of carbonyl (C=O) groups is 2. The van der Waals surface area contributed by atoms with E-state index in [2.05, 4.69) is 10.1 Å². The van der Waals surface area contributed by atoms with E-state index in [0.29, 0.717) is 0 Å². The molecule has 8 heteroatoms. The summed E-state index contributed by atoms with van der Waals surface area (Å²) in [6.45, 7) is 5.43. The zero-order chi connectivity index (χ0) is 16.9. The predicted octanol–water partition coefficient (Wildman–Crippen LogP) is 0.482. The van der Waals surface area contributed by atoms with Crippen molar-refractivity contribution in [2.75, 3.05) is 27.9 Å². The lowest BCUT2D eigenvalue weighted by Gasteiger charge is -2.23. The second kappa shape index (κ2) is 7.75. The molecule has 1 aliphatic rings. The van der Waals surface area contributed by atoms with E-state index < -0.39 is 42.1 Å². The Morgan fingerprint density at radius 1 is 1.09 bits per heavy atom. The van der Waals surface area contributed by atoms with Gasteiger partial charge in [-0.25, -0.2) is 9.59 Å². The molecule has 1 heterocycles. The number of esters is 1. The van der Waals surface area contributed by atoms with Gasteiger partial charge in [-0.3, -0.25) is 0 Å².